The van der Waals surface area contributed by atoms with E-state index in [-0.39, 0.29) is 22.4 Å². The van der Waals surface area contributed by atoms with Gasteiger partial charge in [0.25, 0.3) is 0 Å². The third-order valence-corrected chi connectivity index (χ3v) is 9.33. The molecule has 0 bridgehead atoms. The summed E-state index contributed by atoms with van der Waals surface area (Å²) in [4.78, 5) is 15.7. The molecule has 1 aromatic carbocycles. The van der Waals surface area contributed by atoms with Crippen LogP contribution >= 0.6 is 0 Å². The summed E-state index contributed by atoms with van der Waals surface area (Å²) in [5.41, 5.74) is 0.705. The largest absolute Gasteiger partial charge is 0.379 e. The van der Waals surface area contributed by atoms with E-state index < -0.39 is 10.0 Å². The molecule has 8 nitrogen and oxygen atoms in total. The number of hydrogen-bond acceptors (Lipinski definition) is 6. The Hall–Kier alpha value is -1.52. The van der Waals surface area contributed by atoms with Crippen molar-refractivity contribution in [3.63, 3.8) is 0 Å². The van der Waals surface area contributed by atoms with E-state index in [0.29, 0.717) is 18.8 Å². The average Bonchev–Trinajstić information content (AvgIpc) is 3.40. The first-order chi connectivity index (χ1) is 15.9. The quantitative estimate of drug-likeness (QED) is 0.596. The predicted octanol–water partition coefficient (Wildman–Crippen LogP) is 2.42. The van der Waals surface area contributed by atoms with Crippen molar-refractivity contribution in [2.24, 2.45) is 0 Å². The highest BCUT2D eigenvalue weighted by atomic mass is 32.2. The van der Waals surface area contributed by atoms with Crippen LogP contribution in [-0.4, -0.2) is 81.0 Å². The number of nitrogens with one attached hydrogen (secondary N) is 2. The number of amides is 1. The maximum absolute atomic E-state index is 12.8. The molecule has 3 aliphatic rings. The van der Waals surface area contributed by atoms with Gasteiger partial charge in [0.1, 0.15) is 0 Å². The first-order valence-corrected chi connectivity index (χ1v) is 13.8. The van der Waals surface area contributed by atoms with Gasteiger partial charge in [-0.2, -0.15) is 4.31 Å². The monoisotopic (exact) mass is 478 g/mol. The lowest BCUT2D eigenvalue weighted by molar-refractivity contribution is -0.118. The van der Waals surface area contributed by atoms with Crippen LogP contribution in [0, 0.1) is 0 Å². The molecule has 0 radical (unpaired) electrons. The van der Waals surface area contributed by atoms with Crippen molar-refractivity contribution in [2.75, 3.05) is 51.3 Å². The van der Waals surface area contributed by atoms with Crippen LogP contribution in [0.3, 0.4) is 0 Å². The smallest absolute Gasteiger partial charge is 0.243 e. The third-order valence-electron chi connectivity index (χ3n) is 7.42. The zero-order valence-corrected chi connectivity index (χ0v) is 20.5. The standard InChI is InChI=1S/C24H38N4O4S/c1-20(25-19-24(11-3-2-4-12-24)27-15-17-32-18-16-27)23(29)26-21-7-9-22(10-8-21)33(30,31)28-13-5-6-14-28/h7-10,20,25H,2-6,11-19H2,1H3,(H,26,29)/t20-/m0/s1. The number of anilines is 1. The third kappa shape index (κ3) is 5.77. The molecule has 0 spiro atoms. The minimum absolute atomic E-state index is 0.0994. The molecule has 1 amide bonds. The molecule has 0 unspecified atom stereocenters. The van der Waals surface area contributed by atoms with Crippen molar-refractivity contribution in [3.05, 3.63) is 24.3 Å². The number of ether oxygens (including phenoxy) is 1. The maximum atomic E-state index is 12.8. The Morgan fingerprint density at radius 1 is 1.00 bits per heavy atom. The zero-order chi connectivity index (χ0) is 23.3. The summed E-state index contributed by atoms with van der Waals surface area (Å²) in [7, 11) is -3.44. The second-order valence-electron chi connectivity index (χ2n) is 9.61. The number of carbonyl (C=O) groups excluding carboxylic acids is 1. The van der Waals surface area contributed by atoms with Crippen LogP contribution < -0.4 is 10.6 Å². The maximum Gasteiger partial charge on any atom is 0.243 e. The summed E-state index contributed by atoms with van der Waals surface area (Å²) in [6.45, 7) is 7.30. The van der Waals surface area contributed by atoms with Crippen LogP contribution in [-0.2, 0) is 19.6 Å². The average molecular weight is 479 g/mol. The number of rotatable bonds is 8. The molecule has 2 saturated heterocycles. The van der Waals surface area contributed by atoms with E-state index in [9.17, 15) is 13.2 Å². The first-order valence-electron chi connectivity index (χ1n) is 12.4. The first kappa shape index (κ1) is 24.6. The van der Waals surface area contributed by atoms with E-state index in [2.05, 4.69) is 15.5 Å². The van der Waals surface area contributed by atoms with Crippen LogP contribution in [0.5, 0.6) is 0 Å². The second kappa shape index (κ2) is 10.8. The molecular formula is C24H38N4O4S. The molecule has 1 aromatic rings. The van der Waals surface area contributed by atoms with Crippen LogP contribution in [0.4, 0.5) is 5.69 Å². The van der Waals surface area contributed by atoms with E-state index in [1.54, 1.807) is 24.3 Å². The number of morpholine rings is 1. The summed E-state index contributed by atoms with van der Waals surface area (Å²) in [6, 6.07) is 6.15. The van der Waals surface area contributed by atoms with E-state index in [4.69, 9.17) is 4.74 Å². The fourth-order valence-electron chi connectivity index (χ4n) is 5.33. The molecule has 1 atom stereocenters. The number of hydrogen-bond donors (Lipinski definition) is 2. The van der Waals surface area contributed by atoms with Gasteiger partial charge in [-0.3, -0.25) is 9.69 Å². The lowest BCUT2D eigenvalue weighted by atomic mass is 9.79. The fourth-order valence-corrected chi connectivity index (χ4v) is 6.84. The van der Waals surface area contributed by atoms with E-state index in [0.717, 1.165) is 58.5 Å². The fraction of sp³-hybridized carbons (Fsp3) is 0.708. The Labute approximate surface area is 198 Å². The second-order valence-corrected chi connectivity index (χ2v) is 11.5. The highest BCUT2D eigenvalue weighted by Gasteiger charge is 2.39. The highest BCUT2D eigenvalue weighted by molar-refractivity contribution is 7.89. The molecule has 2 heterocycles. The van der Waals surface area contributed by atoms with Crippen molar-refractivity contribution in [1.82, 2.24) is 14.5 Å². The summed E-state index contributed by atoms with van der Waals surface area (Å²) < 4.78 is 32.5. The molecule has 184 valence electrons. The number of sulfonamides is 1. The van der Waals surface area contributed by atoms with Crippen LogP contribution in [0.25, 0.3) is 0 Å². The molecule has 2 N–H and O–H groups in total. The molecule has 33 heavy (non-hydrogen) atoms. The van der Waals surface area contributed by atoms with Gasteiger partial charge >= 0.3 is 0 Å². The molecular weight excluding hydrogens is 440 g/mol. The van der Waals surface area contributed by atoms with Gasteiger partial charge in [0.2, 0.25) is 15.9 Å². The van der Waals surface area contributed by atoms with Crippen molar-refractivity contribution in [1.29, 1.82) is 0 Å². The Morgan fingerprint density at radius 2 is 1.64 bits per heavy atom. The Kier molecular flexibility index (Phi) is 8.07. The molecule has 2 aliphatic heterocycles. The van der Waals surface area contributed by atoms with Crippen LogP contribution in [0.15, 0.2) is 29.2 Å². The Balaban J connectivity index is 1.33. The summed E-state index contributed by atoms with van der Waals surface area (Å²) >= 11 is 0. The van der Waals surface area contributed by atoms with Crippen molar-refractivity contribution >= 4 is 21.6 Å². The lowest BCUT2D eigenvalue weighted by Gasteiger charge is -2.48. The van der Waals surface area contributed by atoms with Gasteiger partial charge < -0.3 is 15.4 Å². The topological polar surface area (TPSA) is 91.0 Å². The molecule has 0 aromatic heterocycles. The molecule has 3 fully saturated rings. The van der Waals surface area contributed by atoms with Gasteiger partial charge in [-0.1, -0.05) is 19.3 Å². The van der Waals surface area contributed by atoms with Gasteiger partial charge in [0.15, 0.2) is 0 Å². The van der Waals surface area contributed by atoms with Crippen LogP contribution in [0.1, 0.15) is 51.9 Å². The molecule has 1 saturated carbocycles. The molecule has 9 heteroatoms. The minimum Gasteiger partial charge on any atom is -0.379 e. The lowest BCUT2D eigenvalue weighted by Crippen LogP contribution is -2.60. The summed E-state index contributed by atoms with van der Waals surface area (Å²) in [6.07, 6.45) is 7.86. The van der Waals surface area contributed by atoms with Gasteiger partial charge in [-0.15, -0.1) is 0 Å². The van der Waals surface area contributed by atoms with E-state index in [1.165, 1.54) is 23.6 Å². The van der Waals surface area contributed by atoms with Gasteiger partial charge in [0, 0.05) is 44.0 Å². The summed E-state index contributed by atoms with van der Waals surface area (Å²) in [5, 5.41) is 6.41. The minimum atomic E-state index is -3.44. The zero-order valence-electron chi connectivity index (χ0n) is 19.7. The van der Waals surface area contributed by atoms with E-state index in [1.807, 2.05) is 6.92 Å². The number of benzene rings is 1. The van der Waals surface area contributed by atoms with Gasteiger partial charge in [0.05, 0.1) is 24.2 Å². The number of carbonyl (C=O) groups is 1. The van der Waals surface area contributed by atoms with Crippen molar-refractivity contribution in [2.45, 2.75) is 68.3 Å². The molecule has 1 aliphatic carbocycles. The Bertz CT molecular complexity index is 888. The highest BCUT2D eigenvalue weighted by Crippen LogP contribution is 2.34. The predicted molar refractivity (Wildman–Crippen MR) is 129 cm³/mol. The van der Waals surface area contributed by atoms with Crippen molar-refractivity contribution < 1.29 is 17.9 Å². The Morgan fingerprint density at radius 3 is 2.27 bits per heavy atom. The summed E-state index contributed by atoms with van der Waals surface area (Å²) in [5.74, 6) is -0.113. The normalized spacial score (nSPS) is 23.3. The van der Waals surface area contributed by atoms with Gasteiger partial charge in [-0.05, 0) is 56.9 Å². The molecule has 4 rings (SSSR count). The van der Waals surface area contributed by atoms with Crippen LogP contribution in [0.2, 0.25) is 0 Å². The van der Waals surface area contributed by atoms with E-state index >= 15 is 0 Å². The number of nitrogens with zero attached hydrogens (tertiary/aromatic N) is 2. The SMILES string of the molecule is C[C@H](NCC1(N2CCOCC2)CCCCC1)C(=O)Nc1ccc(S(=O)(=O)N2CCCC2)cc1. The van der Waals surface area contributed by atoms with Gasteiger partial charge in [-0.25, -0.2) is 8.42 Å². The van der Waals surface area contributed by atoms with Crippen molar-refractivity contribution in [3.8, 4) is 0 Å².